The number of methoxy groups -OCH3 is 2. The van der Waals surface area contributed by atoms with Crippen LogP contribution in [-0.2, 0) is 16.0 Å². The highest BCUT2D eigenvalue weighted by Crippen LogP contribution is 2.29. The van der Waals surface area contributed by atoms with E-state index in [-0.39, 0.29) is 11.5 Å². The minimum atomic E-state index is -0.541. The number of ether oxygens (including phenoxy) is 2. The maximum atomic E-state index is 12.2. The second-order valence-electron chi connectivity index (χ2n) is 5.63. The van der Waals surface area contributed by atoms with Crippen LogP contribution >= 0.6 is 12.2 Å². The van der Waals surface area contributed by atoms with Crippen LogP contribution < -0.4 is 20.6 Å². The van der Waals surface area contributed by atoms with E-state index in [0.717, 1.165) is 10.6 Å². The van der Waals surface area contributed by atoms with Gasteiger partial charge in [0.15, 0.2) is 5.11 Å². The Kier molecular flexibility index (Phi) is 7.67. The fourth-order valence-corrected chi connectivity index (χ4v) is 2.58. The van der Waals surface area contributed by atoms with Crippen LogP contribution in [0.3, 0.4) is 0 Å². The maximum absolute atomic E-state index is 12.2. The molecule has 0 spiro atoms. The number of carbonyl (C=O) groups is 2. The number of nitrogens with zero attached hydrogens (tertiary/aromatic N) is 1. The molecule has 2 aromatic carbocycles. The summed E-state index contributed by atoms with van der Waals surface area (Å²) in [5.74, 6) is 5.83. The molecule has 2 amide bonds. The molecule has 0 aromatic heterocycles. The van der Waals surface area contributed by atoms with Crippen molar-refractivity contribution in [3.8, 4) is 11.5 Å². The van der Waals surface area contributed by atoms with Crippen LogP contribution in [0.5, 0.6) is 11.5 Å². The third-order valence-corrected chi connectivity index (χ3v) is 4.08. The summed E-state index contributed by atoms with van der Waals surface area (Å²) < 4.78 is 10.5. The molecule has 0 radical (unpaired) electrons. The number of rotatable bonds is 6. The summed E-state index contributed by atoms with van der Waals surface area (Å²) in [6.07, 6.45) is 2.85. The minimum Gasteiger partial charge on any atom is -0.496 e. The summed E-state index contributed by atoms with van der Waals surface area (Å²) >= 11 is 5.04. The molecule has 0 heterocycles. The molecular formula is C20H21N3O4S. The highest BCUT2D eigenvalue weighted by molar-refractivity contribution is 7.80. The average Bonchev–Trinajstić information content (AvgIpc) is 2.71. The Morgan fingerprint density at radius 1 is 1.07 bits per heavy atom. The first kappa shape index (κ1) is 21.1. The summed E-state index contributed by atoms with van der Waals surface area (Å²) in [6.45, 7) is 0. The summed E-state index contributed by atoms with van der Waals surface area (Å²) in [7, 11) is 3.04. The van der Waals surface area contributed by atoms with E-state index < -0.39 is 11.8 Å². The summed E-state index contributed by atoms with van der Waals surface area (Å²) in [4.78, 5) is 24.3. The molecule has 7 nitrogen and oxygen atoms in total. The molecule has 0 unspecified atom stereocenters. The van der Waals surface area contributed by atoms with Crippen molar-refractivity contribution in [2.24, 2.45) is 5.84 Å². The number of amides is 2. The number of nitrogens with two attached hydrogens (primary N) is 1. The third-order valence-electron chi connectivity index (χ3n) is 3.78. The van der Waals surface area contributed by atoms with Crippen LogP contribution in [-0.4, -0.2) is 36.2 Å². The monoisotopic (exact) mass is 399 g/mol. The molecule has 0 aliphatic rings. The Bertz CT molecular complexity index is 862. The Balaban J connectivity index is 2.00. The van der Waals surface area contributed by atoms with Gasteiger partial charge in [-0.2, -0.15) is 0 Å². The van der Waals surface area contributed by atoms with Crippen molar-refractivity contribution in [2.75, 3.05) is 14.2 Å². The summed E-state index contributed by atoms with van der Waals surface area (Å²) in [5, 5.41) is 2.95. The van der Waals surface area contributed by atoms with Crippen LogP contribution in [0.4, 0.5) is 0 Å². The second kappa shape index (κ2) is 10.2. The quantitative estimate of drug-likeness (QED) is 0.254. The lowest BCUT2D eigenvalue weighted by Crippen LogP contribution is -2.50. The second-order valence-corrected chi connectivity index (χ2v) is 6.02. The molecule has 28 heavy (non-hydrogen) atoms. The van der Waals surface area contributed by atoms with E-state index in [1.165, 1.54) is 26.4 Å². The lowest BCUT2D eigenvalue weighted by molar-refractivity contribution is -0.126. The SMILES string of the molecule is COc1cccc(OC)c1/C=C/C(=O)NC(=S)N(N)C(=O)Cc1ccccc1. The van der Waals surface area contributed by atoms with Gasteiger partial charge in [0.05, 0.1) is 26.2 Å². The number of hydrogen-bond acceptors (Lipinski definition) is 6. The fraction of sp³-hybridized carbons (Fsp3) is 0.150. The lowest BCUT2D eigenvalue weighted by Gasteiger charge is -2.17. The lowest BCUT2D eigenvalue weighted by atomic mass is 10.1. The highest BCUT2D eigenvalue weighted by atomic mass is 32.1. The Morgan fingerprint density at radius 3 is 2.25 bits per heavy atom. The van der Waals surface area contributed by atoms with Gasteiger partial charge in [-0.25, -0.2) is 10.9 Å². The van der Waals surface area contributed by atoms with E-state index in [9.17, 15) is 9.59 Å². The summed E-state index contributed by atoms with van der Waals surface area (Å²) in [5.41, 5.74) is 1.39. The maximum Gasteiger partial charge on any atom is 0.250 e. The first-order valence-electron chi connectivity index (χ1n) is 8.32. The predicted molar refractivity (Wildman–Crippen MR) is 111 cm³/mol. The fourth-order valence-electron chi connectivity index (χ4n) is 2.38. The zero-order chi connectivity index (χ0) is 20.5. The largest absolute Gasteiger partial charge is 0.496 e. The van der Waals surface area contributed by atoms with Crippen LogP contribution in [0, 0.1) is 0 Å². The molecule has 146 valence electrons. The average molecular weight is 399 g/mol. The molecule has 2 rings (SSSR count). The van der Waals surface area contributed by atoms with Crippen molar-refractivity contribution in [3.63, 3.8) is 0 Å². The van der Waals surface area contributed by atoms with E-state index in [1.807, 2.05) is 18.2 Å². The Labute approximate surface area is 168 Å². The van der Waals surface area contributed by atoms with Crippen molar-refractivity contribution in [1.82, 2.24) is 10.3 Å². The normalized spacial score (nSPS) is 10.4. The van der Waals surface area contributed by atoms with E-state index in [4.69, 9.17) is 27.5 Å². The van der Waals surface area contributed by atoms with Gasteiger partial charge in [0, 0.05) is 6.08 Å². The van der Waals surface area contributed by atoms with Gasteiger partial charge in [-0.15, -0.1) is 0 Å². The molecule has 8 heteroatoms. The topological polar surface area (TPSA) is 93.9 Å². The van der Waals surface area contributed by atoms with Crippen LogP contribution in [0.2, 0.25) is 0 Å². The van der Waals surface area contributed by atoms with Gasteiger partial charge < -0.3 is 9.47 Å². The number of nitrogens with one attached hydrogen (secondary N) is 1. The van der Waals surface area contributed by atoms with Gasteiger partial charge in [0.2, 0.25) is 11.8 Å². The van der Waals surface area contributed by atoms with Gasteiger partial charge in [-0.3, -0.25) is 14.9 Å². The first-order valence-corrected chi connectivity index (χ1v) is 8.72. The Morgan fingerprint density at radius 2 is 1.68 bits per heavy atom. The summed E-state index contributed by atoms with van der Waals surface area (Å²) in [6, 6.07) is 14.4. The molecule has 0 atom stereocenters. The van der Waals surface area contributed by atoms with Crippen LogP contribution in [0.1, 0.15) is 11.1 Å². The Hall–Kier alpha value is -3.23. The predicted octanol–water partition coefficient (Wildman–Crippen LogP) is 2.06. The standard InChI is InChI=1S/C20H21N3O4S/c1-26-16-9-6-10-17(27-2)15(16)11-12-18(24)22-20(28)23(21)19(25)13-14-7-4-3-5-8-14/h3-12H,13,21H2,1-2H3,(H,22,24,28)/b12-11+. The first-order chi connectivity index (χ1) is 13.5. The smallest absolute Gasteiger partial charge is 0.250 e. The van der Waals surface area contributed by atoms with Gasteiger partial charge in [-0.1, -0.05) is 36.4 Å². The van der Waals surface area contributed by atoms with Crippen molar-refractivity contribution in [1.29, 1.82) is 0 Å². The number of hydrogen-bond donors (Lipinski definition) is 2. The van der Waals surface area contributed by atoms with Crippen LogP contribution in [0.25, 0.3) is 6.08 Å². The number of hydrazine groups is 1. The van der Waals surface area contributed by atoms with E-state index in [2.05, 4.69) is 5.32 Å². The molecule has 0 fully saturated rings. The minimum absolute atomic E-state index is 0.0710. The molecular weight excluding hydrogens is 378 g/mol. The highest BCUT2D eigenvalue weighted by Gasteiger charge is 2.16. The molecule has 2 aromatic rings. The van der Waals surface area contributed by atoms with Crippen molar-refractivity contribution >= 4 is 35.2 Å². The number of carbonyl (C=O) groups excluding carboxylic acids is 2. The zero-order valence-electron chi connectivity index (χ0n) is 15.5. The zero-order valence-corrected chi connectivity index (χ0v) is 16.4. The molecule has 0 aliphatic carbocycles. The third kappa shape index (κ3) is 5.63. The van der Waals surface area contributed by atoms with Crippen LogP contribution in [0.15, 0.2) is 54.6 Å². The van der Waals surface area contributed by atoms with Gasteiger partial charge in [0.25, 0.3) is 0 Å². The number of benzene rings is 2. The number of thiocarbonyl (C=S) groups is 1. The molecule has 0 bridgehead atoms. The van der Waals surface area contributed by atoms with E-state index >= 15 is 0 Å². The molecule has 0 aliphatic heterocycles. The van der Waals surface area contributed by atoms with Crippen molar-refractivity contribution in [2.45, 2.75) is 6.42 Å². The molecule has 0 saturated heterocycles. The molecule has 3 N–H and O–H groups in total. The van der Waals surface area contributed by atoms with Crippen molar-refractivity contribution < 1.29 is 19.1 Å². The van der Waals surface area contributed by atoms with E-state index in [0.29, 0.717) is 17.1 Å². The van der Waals surface area contributed by atoms with Gasteiger partial charge in [-0.05, 0) is 36.0 Å². The van der Waals surface area contributed by atoms with Crippen molar-refractivity contribution in [3.05, 3.63) is 65.7 Å². The van der Waals surface area contributed by atoms with Gasteiger partial charge in [0.1, 0.15) is 11.5 Å². The van der Waals surface area contributed by atoms with E-state index in [1.54, 1.807) is 30.3 Å². The molecule has 0 saturated carbocycles. The van der Waals surface area contributed by atoms with Gasteiger partial charge >= 0.3 is 0 Å².